The summed E-state index contributed by atoms with van der Waals surface area (Å²) in [6.07, 6.45) is 1.01. The fourth-order valence-corrected chi connectivity index (χ4v) is 4.46. The molecule has 1 aromatic carbocycles. The van der Waals surface area contributed by atoms with E-state index in [1.54, 1.807) is 6.07 Å². The molecule has 1 fully saturated rings. The summed E-state index contributed by atoms with van der Waals surface area (Å²) in [6, 6.07) is 5.10. The van der Waals surface area contributed by atoms with Crippen LogP contribution in [0.4, 0.5) is 11.4 Å². The van der Waals surface area contributed by atoms with Crippen molar-refractivity contribution in [2.75, 3.05) is 36.5 Å². The van der Waals surface area contributed by atoms with Crippen LogP contribution in [-0.2, 0) is 10.0 Å². The second-order valence-corrected chi connectivity index (χ2v) is 9.44. The Morgan fingerprint density at radius 1 is 1.33 bits per heavy atom. The predicted octanol–water partition coefficient (Wildman–Crippen LogP) is 1.90. The van der Waals surface area contributed by atoms with Gasteiger partial charge in [0.05, 0.1) is 5.69 Å². The third kappa shape index (κ3) is 3.84. The van der Waals surface area contributed by atoms with Crippen molar-refractivity contribution in [3.63, 3.8) is 0 Å². The van der Waals surface area contributed by atoms with E-state index in [1.807, 2.05) is 17.8 Å². The van der Waals surface area contributed by atoms with Crippen molar-refractivity contribution in [2.45, 2.75) is 29.9 Å². The molecule has 0 amide bonds. The van der Waals surface area contributed by atoms with Crippen LogP contribution in [0.25, 0.3) is 0 Å². The molecular weight excluding hydrogens is 306 g/mol. The molecule has 3 N–H and O–H groups in total. The molecule has 118 valence electrons. The van der Waals surface area contributed by atoms with Gasteiger partial charge in [-0.3, -0.25) is 0 Å². The van der Waals surface area contributed by atoms with Crippen LogP contribution in [0.2, 0.25) is 0 Å². The molecule has 0 atom stereocenters. The van der Waals surface area contributed by atoms with Crippen molar-refractivity contribution in [2.24, 2.45) is 0 Å². The highest BCUT2D eigenvalue weighted by atomic mass is 32.2. The highest BCUT2D eigenvalue weighted by Gasteiger charge is 2.27. The van der Waals surface area contributed by atoms with Gasteiger partial charge in [0.15, 0.2) is 0 Å². The highest BCUT2D eigenvalue weighted by molar-refractivity contribution is 8.00. The van der Waals surface area contributed by atoms with Gasteiger partial charge in [0.1, 0.15) is 4.90 Å². The third-order valence-electron chi connectivity index (χ3n) is 3.72. The first-order chi connectivity index (χ1) is 9.75. The molecule has 0 bridgehead atoms. The van der Waals surface area contributed by atoms with Crippen LogP contribution >= 0.6 is 11.8 Å². The zero-order valence-corrected chi connectivity index (χ0v) is 14.4. The fraction of sp³-hybridized carbons (Fsp3) is 0.571. The molecule has 1 aromatic rings. The second-order valence-electron chi connectivity index (χ2n) is 5.78. The minimum Gasteiger partial charge on any atom is -0.399 e. The molecule has 0 unspecified atom stereocenters. The van der Waals surface area contributed by atoms with E-state index in [1.165, 1.54) is 13.1 Å². The Morgan fingerprint density at radius 3 is 2.71 bits per heavy atom. The van der Waals surface area contributed by atoms with Crippen molar-refractivity contribution in [1.29, 1.82) is 0 Å². The number of benzene rings is 1. The summed E-state index contributed by atoms with van der Waals surface area (Å²) in [5.41, 5.74) is 6.96. The van der Waals surface area contributed by atoms with Crippen LogP contribution in [0.3, 0.4) is 0 Å². The molecule has 21 heavy (non-hydrogen) atoms. The van der Waals surface area contributed by atoms with E-state index in [4.69, 9.17) is 5.73 Å². The molecule has 1 saturated heterocycles. The zero-order valence-electron chi connectivity index (χ0n) is 12.7. The number of thioether (sulfide) groups is 1. The van der Waals surface area contributed by atoms with Crippen molar-refractivity contribution in [3.05, 3.63) is 18.2 Å². The number of anilines is 2. The Labute approximate surface area is 131 Å². The number of hydrogen-bond donors (Lipinski definition) is 2. The quantitative estimate of drug-likeness (QED) is 0.829. The van der Waals surface area contributed by atoms with Crippen LogP contribution < -0.4 is 15.4 Å². The molecule has 0 saturated carbocycles. The average Bonchev–Trinajstić information content (AvgIpc) is 2.60. The standard InChI is InChI=1S/C14H23N3O2S2/c1-14(2)6-7-17(8-9-20-14)12-5-4-11(15)10-13(12)21(18,19)16-3/h4-5,10,16H,6-9,15H2,1-3H3. The maximum atomic E-state index is 12.2. The lowest BCUT2D eigenvalue weighted by molar-refractivity contribution is 0.587. The number of hydrogen-bond acceptors (Lipinski definition) is 5. The molecule has 0 radical (unpaired) electrons. The predicted molar refractivity (Wildman–Crippen MR) is 90.5 cm³/mol. The van der Waals surface area contributed by atoms with E-state index in [-0.39, 0.29) is 9.64 Å². The van der Waals surface area contributed by atoms with Gasteiger partial charge in [0.25, 0.3) is 0 Å². The first-order valence-electron chi connectivity index (χ1n) is 6.97. The van der Waals surface area contributed by atoms with E-state index < -0.39 is 10.0 Å². The van der Waals surface area contributed by atoms with E-state index in [0.717, 1.165) is 31.0 Å². The molecular formula is C14H23N3O2S2. The van der Waals surface area contributed by atoms with Gasteiger partial charge in [0, 0.05) is 29.3 Å². The van der Waals surface area contributed by atoms with Gasteiger partial charge in [-0.25, -0.2) is 13.1 Å². The molecule has 1 heterocycles. The zero-order chi connectivity index (χ0) is 15.7. The molecule has 1 aliphatic heterocycles. The maximum Gasteiger partial charge on any atom is 0.242 e. The SMILES string of the molecule is CNS(=O)(=O)c1cc(N)ccc1N1CCSC(C)(C)CC1. The van der Waals surface area contributed by atoms with Crippen molar-refractivity contribution < 1.29 is 8.42 Å². The van der Waals surface area contributed by atoms with Gasteiger partial charge in [-0.1, -0.05) is 13.8 Å². The smallest absolute Gasteiger partial charge is 0.242 e. The van der Waals surface area contributed by atoms with Crippen LogP contribution in [-0.4, -0.2) is 39.1 Å². The van der Waals surface area contributed by atoms with Gasteiger partial charge in [-0.05, 0) is 31.7 Å². The molecule has 5 nitrogen and oxygen atoms in total. The van der Waals surface area contributed by atoms with Crippen molar-refractivity contribution in [1.82, 2.24) is 4.72 Å². The Hall–Kier alpha value is -0.920. The van der Waals surface area contributed by atoms with Crippen molar-refractivity contribution in [3.8, 4) is 0 Å². The summed E-state index contributed by atoms with van der Waals surface area (Å²) in [4.78, 5) is 2.40. The van der Waals surface area contributed by atoms with Crippen LogP contribution in [0, 0.1) is 0 Å². The number of nitrogens with one attached hydrogen (secondary N) is 1. The van der Waals surface area contributed by atoms with E-state index in [2.05, 4.69) is 23.5 Å². The number of nitrogens with two attached hydrogens (primary N) is 1. The summed E-state index contributed by atoms with van der Waals surface area (Å²) in [5.74, 6) is 0.983. The molecule has 0 aromatic heterocycles. The van der Waals surface area contributed by atoms with E-state index >= 15 is 0 Å². The summed E-state index contributed by atoms with van der Waals surface area (Å²) in [7, 11) is -2.10. The normalized spacial score (nSPS) is 19.3. The van der Waals surface area contributed by atoms with Crippen LogP contribution in [0.15, 0.2) is 23.1 Å². The number of nitrogen functional groups attached to an aromatic ring is 1. The monoisotopic (exact) mass is 329 g/mol. The highest BCUT2D eigenvalue weighted by Crippen LogP contribution is 2.34. The Kier molecular flexibility index (Phi) is 4.75. The first-order valence-corrected chi connectivity index (χ1v) is 9.44. The van der Waals surface area contributed by atoms with Crippen molar-refractivity contribution >= 4 is 33.2 Å². The maximum absolute atomic E-state index is 12.2. The van der Waals surface area contributed by atoms with E-state index in [0.29, 0.717) is 5.69 Å². The molecule has 0 spiro atoms. The van der Waals surface area contributed by atoms with Crippen LogP contribution in [0.5, 0.6) is 0 Å². The average molecular weight is 329 g/mol. The van der Waals surface area contributed by atoms with Gasteiger partial charge in [0.2, 0.25) is 10.0 Å². The Balaban J connectivity index is 2.40. The van der Waals surface area contributed by atoms with E-state index in [9.17, 15) is 8.42 Å². The molecule has 0 aliphatic carbocycles. The lowest BCUT2D eigenvalue weighted by Crippen LogP contribution is -2.30. The molecule has 2 rings (SSSR count). The topological polar surface area (TPSA) is 75.4 Å². The van der Waals surface area contributed by atoms with Gasteiger partial charge < -0.3 is 10.6 Å². The van der Waals surface area contributed by atoms with Gasteiger partial charge in [-0.2, -0.15) is 11.8 Å². The first kappa shape index (κ1) is 16.5. The Bertz CT molecular complexity index is 615. The minimum absolute atomic E-state index is 0.227. The second kappa shape index (κ2) is 6.06. The summed E-state index contributed by atoms with van der Waals surface area (Å²) in [6.45, 7) is 6.14. The summed E-state index contributed by atoms with van der Waals surface area (Å²) < 4.78 is 27.1. The van der Waals surface area contributed by atoms with Crippen LogP contribution in [0.1, 0.15) is 20.3 Å². The lowest BCUT2D eigenvalue weighted by Gasteiger charge is -2.26. The summed E-state index contributed by atoms with van der Waals surface area (Å²) >= 11 is 1.93. The minimum atomic E-state index is -3.52. The number of rotatable bonds is 3. The fourth-order valence-electron chi connectivity index (χ4n) is 2.38. The third-order valence-corrected chi connectivity index (χ3v) is 6.54. The number of nitrogens with zero attached hydrogens (tertiary/aromatic N) is 1. The summed E-state index contributed by atoms with van der Waals surface area (Å²) in [5, 5.41) is 0. The lowest BCUT2D eigenvalue weighted by atomic mass is 10.1. The molecule has 1 aliphatic rings. The largest absolute Gasteiger partial charge is 0.399 e. The van der Waals surface area contributed by atoms with Gasteiger partial charge >= 0.3 is 0 Å². The Morgan fingerprint density at radius 2 is 2.05 bits per heavy atom. The number of sulfonamides is 1. The van der Waals surface area contributed by atoms with Gasteiger partial charge in [-0.15, -0.1) is 0 Å². The molecule has 7 heteroatoms.